The summed E-state index contributed by atoms with van der Waals surface area (Å²) in [4.78, 5) is 12.6. The molecule has 1 heteroatoms. The van der Waals surface area contributed by atoms with Gasteiger partial charge in [-0.05, 0) is 34.7 Å². The molecule has 0 heterocycles. The fourth-order valence-corrected chi connectivity index (χ4v) is 3.02. The van der Waals surface area contributed by atoms with Gasteiger partial charge < -0.3 is 0 Å². The van der Waals surface area contributed by atoms with E-state index in [9.17, 15) is 4.79 Å². The molecule has 1 nitrogen and oxygen atoms in total. The summed E-state index contributed by atoms with van der Waals surface area (Å²) in [7, 11) is 0. The van der Waals surface area contributed by atoms with Crippen LogP contribution in [0.25, 0.3) is 11.1 Å². The molecule has 0 amide bonds. The maximum atomic E-state index is 12.6. The third-order valence-electron chi connectivity index (χ3n) is 4.10. The van der Waals surface area contributed by atoms with E-state index >= 15 is 0 Å². The molecule has 3 aromatic rings. The van der Waals surface area contributed by atoms with Gasteiger partial charge in [-0.3, -0.25) is 4.79 Å². The lowest BCUT2D eigenvalue weighted by Crippen LogP contribution is -2.01. The average molecular weight is 270 g/mol. The van der Waals surface area contributed by atoms with Crippen LogP contribution in [0.1, 0.15) is 27.0 Å². The summed E-state index contributed by atoms with van der Waals surface area (Å²) in [6.07, 6.45) is 0.964. The molecular formula is C20H14O. The van der Waals surface area contributed by atoms with Gasteiger partial charge in [0.1, 0.15) is 0 Å². The van der Waals surface area contributed by atoms with Crippen molar-refractivity contribution in [1.82, 2.24) is 0 Å². The summed E-state index contributed by atoms with van der Waals surface area (Å²) in [5, 5.41) is 0. The normalized spacial score (nSPS) is 11.8. The summed E-state index contributed by atoms with van der Waals surface area (Å²) in [5.74, 6) is 0.0859. The Bertz CT molecular complexity index is 831. The number of carbonyl (C=O) groups excluding carboxylic acids is 1. The van der Waals surface area contributed by atoms with Gasteiger partial charge in [0.25, 0.3) is 0 Å². The lowest BCUT2D eigenvalue weighted by molar-refractivity contribution is 0.103. The number of fused-ring (bicyclic) bond motifs is 3. The van der Waals surface area contributed by atoms with E-state index in [1.807, 2.05) is 42.5 Å². The average Bonchev–Trinajstić information content (AvgIpc) is 2.93. The highest BCUT2D eigenvalue weighted by Crippen LogP contribution is 2.37. The van der Waals surface area contributed by atoms with Crippen molar-refractivity contribution in [3.63, 3.8) is 0 Å². The SMILES string of the molecule is O=C(c1ccccc1)c1ccc2c(c1)-c1ccccc1C2. The summed E-state index contributed by atoms with van der Waals surface area (Å²) in [5.41, 5.74) is 6.61. The van der Waals surface area contributed by atoms with E-state index in [-0.39, 0.29) is 5.78 Å². The van der Waals surface area contributed by atoms with Crippen LogP contribution in [0.5, 0.6) is 0 Å². The first-order valence-corrected chi connectivity index (χ1v) is 7.14. The minimum absolute atomic E-state index is 0.0859. The molecule has 100 valence electrons. The first-order chi connectivity index (χ1) is 10.3. The Balaban J connectivity index is 1.80. The van der Waals surface area contributed by atoms with Gasteiger partial charge in [-0.15, -0.1) is 0 Å². The summed E-state index contributed by atoms with van der Waals surface area (Å²) in [6.45, 7) is 0. The fraction of sp³-hybridized carbons (Fsp3) is 0.0500. The molecule has 1 aliphatic carbocycles. The first-order valence-electron chi connectivity index (χ1n) is 7.14. The maximum absolute atomic E-state index is 12.6. The first kappa shape index (κ1) is 12.1. The molecule has 0 N–H and O–H groups in total. The Hall–Kier alpha value is -2.67. The van der Waals surface area contributed by atoms with Crippen molar-refractivity contribution in [3.05, 3.63) is 95.1 Å². The lowest BCUT2D eigenvalue weighted by atomic mass is 9.98. The van der Waals surface area contributed by atoms with E-state index in [4.69, 9.17) is 0 Å². The highest BCUT2D eigenvalue weighted by atomic mass is 16.1. The zero-order valence-electron chi connectivity index (χ0n) is 11.5. The molecule has 0 unspecified atom stereocenters. The topological polar surface area (TPSA) is 17.1 Å². The fourth-order valence-electron chi connectivity index (χ4n) is 3.02. The third kappa shape index (κ3) is 1.98. The Morgan fingerprint density at radius 3 is 2.24 bits per heavy atom. The van der Waals surface area contributed by atoms with Gasteiger partial charge in [-0.25, -0.2) is 0 Å². The predicted molar refractivity (Wildman–Crippen MR) is 84.6 cm³/mol. The van der Waals surface area contributed by atoms with Crippen LogP contribution in [-0.2, 0) is 6.42 Å². The van der Waals surface area contributed by atoms with Gasteiger partial charge in [0.2, 0.25) is 0 Å². The molecule has 0 fully saturated rings. The van der Waals surface area contributed by atoms with E-state index in [1.54, 1.807) is 0 Å². The molecule has 0 atom stereocenters. The molecule has 0 aromatic heterocycles. The van der Waals surface area contributed by atoms with Crippen LogP contribution >= 0.6 is 0 Å². The van der Waals surface area contributed by atoms with Gasteiger partial charge >= 0.3 is 0 Å². The maximum Gasteiger partial charge on any atom is 0.193 e. The van der Waals surface area contributed by atoms with Gasteiger partial charge in [-0.2, -0.15) is 0 Å². The zero-order valence-corrected chi connectivity index (χ0v) is 11.5. The molecule has 0 saturated carbocycles. The molecule has 4 rings (SSSR count). The standard InChI is InChI=1S/C20H14O/c21-20(14-6-2-1-3-7-14)17-11-10-16-12-15-8-4-5-9-18(15)19(16)13-17/h1-11,13H,12H2. The molecule has 0 bridgehead atoms. The zero-order chi connectivity index (χ0) is 14.2. The van der Waals surface area contributed by atoms with Crippen molar-refractivity contribution in [3.8, 4) is 11.1 Å². The monoisotopic (exact) mass is 270 g/mol. The Labute approximate surface area is 123 Å². The van der Waals surface area contributed by atoms with Gasteiger partial charge in [-0.1, -0.05) is 66.7 Å². The van der Waals surface area contributed by atoms with E-state index < -0.39 is 0 Å². The summed E-state index contributed by atoms with van der Waals surface area (Å²) >= 11 is 0. The molecule has 0 saturated heterocycles. The summed E-state index contributed by atoms with van der Waals surface area (Å²) < 4.78 is 0. The number of benzene rings is 3. The number of ketones is 1. The van der Waals surface area contributed by atoms with Crippen molar-refractivity contribution in [2.24, 2.45) is 0 Å². The van der Waals surface area contributed by atoms with Crippen LogP contribution in [0.2, 0.25) is 0 Å². The van der Waals surface area contributed by atoms with Gasteiger partial charge in [0, 0.05) is 11.1 Å². The predicted octanol–water partition coefficient (Wildman–Crippen LogP) is 4.49. The van der Waals surface area contributed by atoms with Crippen LogP contribution in [0, 0.1) is 0 Å². The quantitative estimate of drug-likeness (QED) is 0.490. The van der Waals surface area contributed by atoms with Crippen LogP contribution in [-0.4, -0.2) is 5.78 Å². The Morgan fingerprint density at radius 2 is 1.38 bits per heavy atom. The summed E-state index contributed by atoms with van der Waals surface area (Å²) in [6, 6.07) is 23.9. The second-order valence-corrected chi connectivity index (χ2v) is 5.40. The Morgan fingerprint density at radius 1 is 0.667 bits per heavy atom. The van der Waals surface area contributed by atoms with Crippen molar-refractivity contribution in [2.45, 2.75) is 6.42 Å². The van der Waals surface area contributed by atoms with Crippen LogP contribution < -0.4 is 0 Å². The van der Waals surface area contributed by atoms with Crippen LogP contribution in [0.4, 0.5) is 0 Å². The highest BCUT2D eigenvalue weighted by molar-refractivity contribution is 6.09. The van der Waals surface area contributed by atoms with Crippen LogP contribution in [0.15, 0.2) is 72.8 Å². The highest BCUT2D eigenvalue weighted by Gasteiger charge is 2.19. The van der Waals surface area contributed by atoms with Crippen molar-refractivity contribution >= 4 is 5.78 Å². The van der Waals surface area contributed by atoms with E-state index in [1.165, 1.54) is 22.3 Å². The van der Waals surface area contributed by atoms with Crippen molar-refractivity contribution in [1.29, 1.82) is 0 Å². The smallest absolute Gasteiger partial charge is 0.193 e. The second-order valence-electron chi connectivity index (χ2n) is 5.40. The Kier molecular flexibility index (Phi) is 2.71. The third-order valence-corrected chi connectivity index (χ3v) is 4.10. The van der Waals surface area contributed by atoms with Crippen molar-refractivity contribution < 1.29 is 4.79 Å². The second kappa shape index (κ2) is 4.71. The minimum Gasteiger partial charge on any atom is -0.289 e. The van der Waals surface area contributed by atoms with E-state index in [0.29, 0.717) is 0 Å². The largest absolute Gasteiger partial charge is 0.289 e. The van der Waals surface area contributed by atoms with Gasteiger partial charge in [0.05, 0.1) is 0 Å². The molecule has 1 aliphatic rings. The molecule has 0 radical (unpaired) electrons. The number of hydrogen-bond acceptors (Lipinski definition) is 1. The molecule has 21 heavy (non-hydrogen) atoms. The van der Waals surface area contributed by atoms with Crippen molar-refractivity contribution in [2.75, 3.05) is 0 Å². The number of hydrogen-bond donors (Lipinski definition) is 0. The molecular weight excluding hydrogens is 256 g/mol. The van der Waals surface area contributed by atoms with E-state index in [0.717, 1.165) is 17.5 Å². The van der Waals surface area contributed by atoms with Gasteiger partial charge in [0.15, 0.2) is 5.78 Å². The van der Waals surface area contributed by atoms with E-state index in [2.05, 4.69) is 30.3 Å². The molecule has 3 aromatic carbocycles. The number of carbonyl (C=O) groups is 1. The molecule has 0 aliphatic heterocycles. The van der Waals surface area contributed by atoms with Crippen LogP contribution in [0.3, 0.4) is 0 Å². The minimum atomic E-state index is 0.0859. The molecule has 0 spiro atoms. The number of rotatable bonds is 2. The lowest BCUT2D eigenvalue weighted by Gasteiger charge is -2.05.